The molecule has 0 radical (unpaired) electrons. The maximum atomic E-state index is 12.3. The number of carbonyl (C=O) groups excluding carboxylic acids is 1. The number of hydrogen-bond donors (Lipinski definition) is 1. The number of nitrogens with one attached hydrogen (secondary N) is 1. The topological polar surface area (TPSA) is 59.3 Å². The maximum absolute atomic E-state index is 12.3. The number of amides is 1. The molecule has 0 aliphatic carbocycles. The van der Waals surface area contributed by atoms with Crippen molar-refractivity contribution < 1.29 is 4.79 Å². The van der Waals surface area contributed by atoms with Crippen molar-refractivity contribution in [1.29, 1.82) is 0 Å². The number of pyridine rings is 1. The van der Waals surface area contributed by atoms with E-state index in [1.807, 2.05) is 6.92 Å². The molecule has 0 saturated carbocycles. The van der Waals surface area contributed by atoms with Crippen LogP contribution in [0.25, 0.3) is 5.65 Å². The van der Waals surface area contributed by atoms with Crippen molar-refractivity contribution in [1.82, 2.24) is 19.9 Å². The Morgan fingerprint density at radius 1 is 1.15 bits per heavy atom. The molecule has 1 N–H and O–H groups in total. The summed E-state index contributed by atoms with van der Waals surface area (Å²) in [7, 11) is 0. The maximum Gasteiger partial charge on any atom is 0.230 e. The first-order valence-electron chi connectivity index (χ1n) is 7.42. The molecular weight excluding hydrogens is 438 g/mol. The zero-order chi connectivity index (χ0) is 18.8. The zero-order valence-electron chi connectivity index (χ0n) is 13.3. The van der Waals surface area contributed by atoms with Crippen LogP contribution in [0.1, 0.15) is 18.5 Å². The highest BCUT2D eigenvalue weighted by atomic mass is 35.5. The van der Waals surface area contributed by atoms with Gasteiger partial charge in [0.2, 0.25) is 5.91 Å². The number of fused-ring (bicyclic) bond motifs is 1. The summed E-state index contributed by atoms with van der Waals surface area (Å²) in [6, 6.07) is 6.50. The van der Waals surface area contributed by atoms with Gasteiger partial charge in [0.25, 0.3) is 0 Å². The van der Waals surface area contributed by atoms with Gasteiger partial charge in [-0.2, -0.15) is 0 Å². The van der Waals surface area contributed by atoms with Crippen molar-refractivity contribution in [2.24, 2.45) is 0 Å². The molecule has 3 aromatic rings. The Bertz CT molecular complexity index is 978. The number of halogens is 4. The lowest BCUT2D eigenvalue weighted by atomic mass is 10.1. The van der Waals surface area contributed by atoms with E-state index in [9.17, 15) is 4.79 Å². The van der Waals surface area contributed by atoms with Crippen molar-refractivity contribution in [2.75, 3.05) is 5.75 Å². The van der Waals surface area contributed by atoms with Gasteiger partial charge in [0.1, 0.15) is 0 Å². The summed E-state index contributed by atoms with van der Waals surface area (Å²) in [6.45, 7) is 1.85. The fourth-order valence-corrected chi connectivity index (χ4v) is 4.15. The third-order valence-corrected chi connectivity index (χ3v) is 5.52. The van der Waals surface area contributed by atoms with E-state index in [1.165, 1.54) is 11.8 Å². The molecule has 2 aromatic heterocycles. The van der Waals surface area contributed by atoms with Gasteiger partial charge in [-0.05, 0) is 30.7 Å². The summed E-state index contributed by atoms with van der Waals surface area (Å²) in [5, 5.41) is 13.4. The van der Waals surface area contributed by atoms with Crippen LogP contribution < -0.4 is 5.32 Å². The highest BCUT2D eigenvalue weighted by Gasteiger charge is 2.15. The van der Waals surface area contributed by atoms with Crippen molar-refractivity contribution >= 4 is 69.7 Å². The predicted octanol–water partition coefficient (Wildman–Crippen LogP) is 5.31. The molecule has 0 aliphatic rings. The lowest BCUT2D eigenvalue weighted by Crippen LogP contribution is -2.28. The van der Waals surface area contributed by atoms with Crippen LogP contribution in [0.5, 0.6) is 0 Å². The molecule has 1 amide bonds. The first kappa shape index (κ1) is 19.6. The van der Waals surface area contributed by atoms with E-state index in [1.54, 1.807) is 34.9 Å². The highest BCUT2D eigenvalue weighted by molar-refractivity contribution is 7.99. The number of thioether (sulfide) groups is 1. The van der Waals surface area contributed by atoms with E-state index < -0.39 is 0 Å². The van der Waals surface area contributed by atoms with E-state index in [0.29, 0.717) is 30.9 Å². The second kappa shape index (κ2) is 8.23. The molecule has 1 atom stereocenters. The van der Waals surface area contributed by atoms with E-state index in [4.69, 9.17) is 46.4 Å². The quantitative estimate of drug-likeness (QED) is 0.536. The molecule has 0 spiro atoms. The van der Waals surface area contributed by atoms with E-state index in [-0.39, 0.29) is 17.7 Å². The van der Waals surface area contributed by atoms with Crippen LogP contribution in [0.3, 0.4) is 0 Å². The summed E-state index contributed by atoms with van der Waals surface area (Å²) in [4.78, 5) is 12.3. The van der Waals surface area contributed by atoms with Gasteiger partial charge in [-0.25, -0.2) is 0 Å². The largest absolute Gasteiger partial charge is 0.349 e. The molecule has 0 saturated heterocycles. The number of aromatic nitrogens is 3. The third-order valence-electron chi connectivity index (χ3n) is 3.53. The van der Waals surface area contributed by atoms with Crippen molar-refractivity contribution in [3.63, 3.8) is 0 Å². The van der Waals surface area contributed by atoms with Crippen LogP contribution in [-0.4, -0.2) is 26.3 Å². The smallest absolute Gasteiger partial charge is 0.230 e. The minimum absolute atomic E-state index is 0.153. The molecule has 10 heteroatoms. The molecule has 26 heavy (non-hydrogen) atoms. The lowest BCUT2D eigenvalue weighted by molar-refractivity contribution is -0.119. The second-order valence-corrected chi connectivity index (χ2v) is 8.06. The van der Waals surface area contributed by atoms with Crippen LogP contribution in [0.15, 0.2) is 35.6 Å². The Balaban J connectivity index is 1.66. The summed E-state index contributed by atoms with van der Waals surface area (Å²) >= 11 is 25.4. The Morgan fingerprint density at radius 3 is 2.62 bits per heavy atom. The van der Waals surface area contributed by atoms with Crippen molar-refractivity contribution in [2.45, 2.75) is 18.1 Å². The number of hydrogen-bond acceptors (Lipinski definition) is 4. The van der Waals surface area contributed by atoms with Crippen LogP contribution in [0.4, 0.5) is 0 Å². The van der Waals surface area contributed by atoms with Crippen LogP contribution in [0, 0.1) is 0 Å². The van der Waals surface area contributed by atoms with Gasteiger partial charge in [-0.3, -0.25) is 9.20 Å². The molecule has 1 aromatic carbocycles. The summed E-state index contributed by atoms with van der Waals surface area (Å²) in [5.41, 5.74) is 1.28. The SMILES string of the molecule is CC(NC(=O)CSc1nnc2c(Cl)cc(Cl)cn12)c1ccc(Cl)cc1Cl. The van der Waals surface area contributed by atoms with Gasteiger partial charge in [-0.15, -0.1) is 10.2 Å². The standard InChI is InChI=1S/C16H12Cl4N4OS/c1-8(11-3-2-9(17)4-12(11)19)21-14(25)7-26-16-23-22-15-13(20)5-10(18)6-24(15)16/h2-6,8H,7H2,1H3,(H,21,25). The number of rotatable bonds is 5. The van der Waals surface area contributed by atoms with Crippen molar-refractivity contribution in [3.8, 4) is 0 Å². The number of nitrogens with zero attached hydrogens (tertiary/aromatic N) is 3. The molecule has 136 valence electrons. The molecule has 0 bridgehead atoms. The second-order valence-electron chi connectivity index (χ2n) is 5.43. The molecule has 0 fully saturated rings. The summed E-state index contributed by atoms with van der Waals surface area (Å²) in [5.74, 6) is -0.0149. The minimum atomic E-state index is -0.258. The lowest BCUT2D eigenvalue weighted by Gasteiger charge is -2.15. The third kappa shape index (κ3) is 4.38. The molecule has 1 unspecified atom stereocenters. The van der Waals surface area contributed by atoms with Gasteiger partial charge in [-0.1, -0.05) is 64.2 Å². The van der Waals surface area contributed by atoms with Gasteiger partial charge in [0, 0.05) is 16.2 Å². The normalized spacial score (nSPS) is 12.3. The Morgan fingerprint density at radius 2 is 1.88 bits per heavy atom. The van der Waals surface area contributed by atoms with Crippen LogP contribution >= 0.6 is 58.2 Å². The fourth-order valence-electron chi connectivity index (χ4n) is 2.34. The van der Waals surface area contributed by atoms with E-state index >= 15 is 0 Å². The van der Waals surface area contributed by atoms with Crippen molar-refractivity contribution in [3.05, 3.63) is 56.1 Å². The Kier molecular flexibility index (Phi) is 6.20. The molecule has 0 aliphatic heterocycles. The van der Waals surface area contributed by atoms with Crippen LogP contribution in [0.2, 0.25) is 20.1 Å². The van der Waals surface area contributed by atoms with E-state index in [2.05, 4.69) is 15.5 Å². The first-order chi connectivity index (χ1) is 12.3. The Labute approximate surface area is 174 Å². The van der Waals surface area contributed by atoms with Crippen LogP contribution in [-0.2, 0) is 4.79 Å². The van der Waals surface area contributed by atoms with Gasteiger partial charge < -0.3 is 5.32 Å². The fraction of sp³-hybridized carbons (Fsp3) is 0.188. The molecule has 3 rings (SSSR count). The number of benzene rings is 1. The first-order valence-corrected chi connectivity index (χ1v) is 9.92. The summed E-state index contributed by atoms with van der Waals surface area (Å²) in [6.07, 6.45) is 1.65. The highest BCUT2D eigenvalue weighted by Crippen LogP contribution is 2.27. The molecular formula is C16H12Cl4N4OS. The number of carbonyl (C=O) groups is 1. The van der Waals surface area contributed by atoms with Gasteiger partial charge >= 0.3 is 0 Å². The molecule has 2 heterocycles. The monoisotopic (exact) mass is 448 g/mol. The minimum Gasteiger partial charge on any atom is -0.349 e. The molecule has 5 nitrogen and oxygen atoms in total. The van der Waals surface area contributed by atoms with E-state index in [0.717, 1.165) is 5.56 Å². The van der Waals surface area contributed by atoms with Gasteiger partial charge in [0.05, 0.1) is 21.8 Å². The average Bonchev–Trinajstić information content (AvgIpc) is 2.96. The average molecular weight is 450 g/mol. The zero-order valence-corrected chi connectivity index (χ0v) is 17.2. The Hall–Kier alpha value is -1.18. The predicted molar refractivity (Wildman–Crippen MR) is 107 cm³/mol. The summed E-state index contributed by atoms with van der Waals surface area (Å²) < 4.78 is 1.65. The van der Waals surface area contributed by atoms with Gasteiger partial charge in [0.15, 0.2) is 10.8 Å².